The molecular formula is C11H11F12NO. The average Bonchev–Trinajstić information content (AvgIpc) is 2.45. The first-order valence-corrected chi connectivity index (χ1v) is 6.30. The minimum absolute atomic E-state index is 0.177. The number of hydrogen-bond donors (Lipinski definition) is 1. The Labute approximate surface area is 132 Å². The van der Waals surface area contributed by atoms with Gasteiger partial charge in [-0.2, -0.15) is 43.9 Å². The highest BCUT2D eigenvalue weighted by atomic mass is 19.4. The van der Waals surface area contributed by atoms with E-state index in [1.165, 1.54) is 6.92 Å². The predicted octanol–water partition coefficient (Wildman–Crippen LogP) is 4.34. The molecule has 0 spiro atoms. The molecule has 0 aromatic heterocycles. The monoisotopic (exact) mass is 401 g/mol. The van der Waals surface area contributed by atoms with Gasteiger partial charge in [0.05, 0.1) is 0 Å². The van der Waals surface area contributed by atoms with E-state index in [-0.39, 0.29) is 6.42 Å². The summed E-state index contributed by atoms with van der Waals surface area (Å²) in [6.07, 6.45) is -5.75. The van der Waals surface area contributed by atoms with E-state index in [0.29, 0.717) is 0 Å². The molecule has 0 heterocycles. The lowest BCUT2D eigenvalue weighted by molar-refractivity contribution is -0.407. The molecule has 0 saturated carbocycles. The number of rotatable bonds is 8. The molecule has 2 nitrogen and oxygen atoms in total. The van der Waals surface area contributed by atoms with Gasteiger partial charge < -0.3 is 5.32 Å². The molecule has 150 valence electrons. The van der Waals surface area contributed by atoms with Crippen LogP contribution >= 0.6 is 0 Å². The molecule has 1 amide bonds. The van der Waals surface area contributed by atoms with Gasteiger partial charge in [-0.1, -0.05) is 6.92 Å². The van der Waals surface area contributed by atoms with E-state index in [4.69, 9.17) is 0 Å². The molecule has 14 heteroatoms. The van der Waals surface area contributed by atoms with Gasteiger partial charge >= 0.3 is 36.0 Å². The van der Waals surface area contributed by atoms with Crippen LogP contribution in [0.5, 0.6) is 0 Å². The zero-order chi connectivity index (χ0) is 20.6. The van der Waals surface area contributed by atoms with Gasteiger partial charge in [0.2, 0.25) is 0 Å². The fourth-order valence-electron chi connectivity index (χ4n) is 1.30. The zero-order valence-electron chi connectivity index (χ0n) is 12.3. The average molecular weight is 401 g/mol. The molecule has 0 aromatic carbocycles. The van der Waals surface area contributed by atoms with Crippen LogP contribution in [0.15, 0.2) is 0 Å². The van der Waals surface area contributed by atoms with Crippen LogP contribution in [0.25, 0.3) is 0 Å². The number of nitrogens with one attached hydrogen (secondary N) is 1. The molecule has 0 saturated heterocycles. The number of alkyl halides is 12. The lowest BCUT2D eigenvalue weighted by Crippen LogP contribution is -2.71. The van der Waals surface area contributed by atoms with Gasteiger partial charge in [-0.15, -0.1) is 0 Å². The molecule has 0 aromatic rings. The summed E-state index contributed by atoms with van der Waals surface area (Å²) in [5, 5.41) is 1.08. The van der Waals surface area contributed by atoms with Crippen molar-refractivity contribution in [2.45, 2.75) is 62.3 Å². The Morgan fingerprint density at radius 3 is 1.56 bits per heavy atom. The van der Waals surface area contributed by atoms with Gasteiger partial charge in [-0.25, -0.2) is 8.78 Å². The third-order valence-electron chi connectivity index (χ3n) is 3.15. The molecule has 0 fully saturated rings. The van der Waals surface area contributed by atoms with E-state index in [1.807, 2.05) is 0 Å². The van der Waals surface area contributed by atoms with Crippen molar-refractivity contribution in [1.82, 2.24) is 5.32 Å². The van der Waals surface area contributed by atoms with Crippen LogP contribution in [-0.4, -0.2) is 48.0 Å². The highest BCUT2D eigenvalue weighted by molar-refractivity contribution is 5.85. The van der Waals surface area contributed by atoms with Gasteiger partial charge in [-0.3, -0.25) is 4.79 Å². The maximum absolute atomic E-state index is 13.3. The minimum atomic E-state index is -7.70. The SMILES string of the molecule is CCC(C)NC(=O)C(F)(F)C(F)(F)C(F)(F)C(F)(F)C(F)(F)C(F)F. The Morgan fingerprint density at radius 2 is 1.24 bits per heavy atom. The maximum Gasteiger partial charge on any atom is 0.392 e. The van der Waals surface area contributed by atoms with E-state index in [9.17, 15) is 57.5 Å². The van der Waals surface area contributed by atoms with E-state index in [0.717, 1.165) is 12.2 Å². The van der Waals surface area contributed by atoms with Crippen molar-refractivity contribution in [3.63, 3.8) is 0 Å². The van der Waals surface area contributed by atoms with Gasteiger partial charge in [0.25, 0.3) is 5.91 Å². The normalized spacial score (nSPS) is 16.1. The van der Waals surface area contributed by atoms with E-state index in [1.54, 1.807) is 0 Å². The van der Waals surface area contributed by atoms with Crippen LogP contribution in [0.4, 0.5) is 52.7 Å². The summed E-state index contributed by atoms with van der Waals surface area (Å²) >= 11 is 0. The molecule has 1 atom stereocenters. The summed E-state index contributed by atoms with van der Waals surface area (Å²) in [5.41, 5.74) is 0. The molecule has 25 heavy (non-hydrogen) atoms. The predicted molar refractivity (Wildman–Crippen MR) is 58.6 cm³/mol. The van der Waals surface area contributed by atoms with Crippen LogP contribution in [0, 0.1) is 0 Å². The number of carbonyl (C=O) groups is 1. The van der Waals surface area contributed by atoms with Gasteiger partial charge in [-0.05, 0) is 13.3 Å². The Hall–Kier alpha value is -1.37. The fourth-order valence-corrected chi connectivity index (χ4v) is 1.30. The first kappa shape index (κ1) is 23.6. The molecule has 0 aliphatic carbocycles. The van der Waals surface area contributed by atoms with E-state index in [2.05, 4.69) is 0 Å². The Balaban J connectivity index is 6.07. The van der Waals surface area contributed by atoms with Gasteiger partial charge in [0.1, 0.15) is 0 Å². The first-order valence-electron chi connectivity index (χ1n) is 6.30. The molecule has 1 N–H and O–H groups in total. The number of halogens is 12. The summed E-state index contributed by atoms with van der Waals surface area (Å²) in [6.45, 7) is 2.18. The lowest BCUT2D eigenvalue weighted by Gasteiger charge is -2.38. The maximum atomic E-state index is 13.3. The molecule has 0 aliphatic rings. The summed E-state index contributed by atoms with van der Waals surface area (Å²) in [4.78, 5) is 11.0. The van der Waals surface area contributed by atoms with Gasteiger partial charge in [0.15, 0.2) is 0 Å². The number of hydrogen-bond acceptors (Lipinski definition) is 1. The Kier molecular flexibility index (Phi) is 6.37. The van der Waals surface area contributed by atoms with Crippen molar-refractivity contribution in [3.05, 3.63) is 0 Å². The lowest BCUT2D eigenvalue weighted by atomic mass is 9.94. The molecule has 0 bridgehead atoms. The molecule has 1 unspecified atom stereocenters. The second-order valence-electron chi connectivity index (χ2n) is 5.00. The highest BCUT2D eigenvalue weighted by Crippen LogP contribution is 2.58. The first-order chi connectivity index (χ1) is 10.8. The minimum Gasteiger partial charge on any atom is -0.348 e. The Morgan fingerprint density at radius 1 is 0.840 bits per heavy atom. The second-order valence-corrected chi connectivity index (χ2v) is 5.00. The quantitative estimate of drug-likeness (QED) is 0.603. The van der Waals surface area contributed by atoms with Crippen LogP contribution in [-0.2, 0) is 4.79 Å². The fraction of sp³-hybridized carbons (Fsp3) is 0.909. The van der Waals surface area contributed by atoms with Crippen LogP contribution in [0.1, 0.15) is 20.3 Å². The molecular weight excluding hydrogens is 390 g/mol. The van der Waals surface area contributed by atoms with E-state index < -0.39 is 48.0 Å². The third-order valence-corrected chi connectivity index (χ3v) is 3.15. The van der Waals surface area contributed by atoms with Crippen molar-refractivity contribution in [2.75, 3.05) is 0 Å². The van der Waals surface area contributed by atoms with Crippen molar-refractivity contribution < 1.29 is 57.5 Å². The topological polar surface area (TPSA) is 29.1 Å². The summed E-state index contributed by atoms with van der Waals surface area (Å²) < 4.78 is 154. The second kappa shape index (κ2) is 6.74. The highest BCUT2D eigenvalue weighted by Gasteiger charge is 2.89. The van der Waals surface area contributed by atoms with Crippen molar-refractivity contribution in [2.24, 2.45) is 0 Å². The smallest absolute Gasteiger partial charge is 0.348 e. The van der Waals surface area contributed by atoms with E-state index >= 15 is 0 Å². The van der Waals surface area contributed by atoms with Crippen LogP contribution in [0.3, 0.4) is 0 Å². The summed E-state index contributed by atoms with van der Waals surface area (Å²) in [5.74, 6) is -39.6. The third kappa shape index (κ3) is 3.48. The zero-order valence-corrected chi connectivity index (χ0v) is 12.3. The molecule has 0 rings (SSSR count). The molecule has 0 radical (unpaired) electrons. The summed E-state index contributed by atoms with van der Waals surface area (Å²) in [7, 11) is 0. The number of carbonyl (C=O) groups excluding carboxylic acids is 1. The van der Waals surface area contributed by atoms with Crippen molar-refractivity contribution in [1.29, 1.82) is 0 Å². The Bertz CT molecular complexity index is 489. The largest absolute Gasteiger partial charge is 0.392 e. The number of amides is 1. The van der Waals surface area contributed by atoms with Crippen molar-refractivity contribution in [3.8, 4) is 0 Å². The van der Waals surface area contributed by atoms with Gasteiger partial charge in [0, 0.05) is 6.04 Å². The van der Waals surface area contributed by atoms with Crippen molar-refractivity contribution >= 4 is 5.91 Å². The van der Waals surface area contributed by atoms with Crippen LogP contribution in [0.2, 0.25) is 0 Å². The standard InChI is InChI=1S/C11H11F12NO/c1-3-4(2)24-6(25)8(16,17)10(20,21)11(22,23)9(18,19)7(14,15)5(12)13/h4-5H,3H2,1-2H3,(H,24,25). The molecule has 0 aliphatic heterocycles. The summed E-state index contributed by atoms with van der Waals surface area (Å²) in [6, 6.07) is -1.30. The van der Waals surface area contributed by atoms with Crippen LogP contribution < -0.4 is 5.32 Å².